The van der Waals surface area contributed by atoms with E-state index in [4.69, 9.17) is 55.8 Å². The molecule has 17 fully saturated rings. The van der Waals surface area contributed by atoms with Crippen LogP contribution in [0.25, 0.3) is 0 Å². The number of ketones is 2. The Labute approximate surface area is 686 Å². The first kappa shape index (κ1) is 91.7. The minimum Gasteiger partial charge on any atom is -0.394 e. The number of Topliss-reactive ketones (excluding diaryl/α,β-unsaturated/α-hetero) is 2. The molecule has 16 aliphatic carbocycles. The predicted octanol–water partition coefficient (Wildman–Crippen LogP) is 10.8. The van der Waals surface area contributed by atoms with Crippen molar-refractivity contribution in [1.82, 2.24) is 0 Å². The number of fused-ring (bicyclic) bond motifs is 21. The topological polar surface area (TPSA) is 395 Å². The molecule has 0 amide bonds. The highest BCUT2D eigenvalue weighted by Crippen LogP contribution is 2.72. The van der Waals surface area contributed by atoms with Gasteiger partial charge in [-0.25, -0.2) is 0 Å². The van der Waals surface area contributed by atoms with Gasteiger partial charge in [0.2, 0.25) is 0 Å². The van der Waals surface area contributed by atoms with Crippen LogP contribution in [-0.4, -0.2) is 224 Å². The van der Waals surface area contributed by atoms with E-state index in [9.17, 15) is 55.9 Å². The molecule has 16 saturated carbocycles. The summed E-state index contributed by atoms with van der Waals surface area (Å²) in [5.41, 5.74) is -0.471. The fourth-order valence-corrected chi connectivity index (χ4v) is 31.2. The molecule has 17 aliphatic rings. The van der Waals surface area contributed by atoms with E-state index < -0.39 is 34.8 Å². The Morgan fingerprint density at radius 3 is 0.983 bits per heavy atom. The number of aliphatic hydroxyl groups is 8. The maximum Gasteiger partial charge on any atom is 0.394 e. The van der Waals surface area contributed by atoms with Crippen molar-refractivity contribution < 1.29 is 106 Å². The Hall–Kier alpha value is -2.45. The second-order valence-corrected chi connectivity index (χ2v) is 42.6. The van der Waals surface area contributed by atoms with Crippen LogP contribution >= 0.6 is 0 Å². The molecule has 1 saturated heterocycles. The number of hydrogen-bond acceptors (Lipinski definition) is 22. The molecular formula is C90H148N2O22S. The van der Waals surface area contributed by atoms with Crippen LogP contribution in [0.2, 0.25) is 0 Å². The van der Waals surface area contributed by atoms with Gasteiger partial charge in [-0.1, -0.05) is 55.4 Å². The molecule has 38 atom stereocenters. The predicted molar refractivity (Wildman–Crippen MR) is 427 cm³/mol. The summed E-state index contributed by atoms with van der Waals surface area (Å²) >= 11 is 0. The number of epoxide rings is 1. The third-order valence-electron chi connectivity index (χ3n) is 36.5. The van der Waals surface area contributed by atoms with Crippen LogP contribution in [0.15, 0.2) is 0 Å². The maximum absolute atomic E-state index is 12.6. The van der Waals surface area contributed by atoms with Gasteiger partial charge in [-0.2, -0.15) is 18.9 Å². The standard InChI is InChI=1S/2C23H37NO4.C22H36O5.C19H28O3.C3H8O2.H2O4S/c2*1-22-11-19(26)21-16(17(22)7-5-15(22)13-24)6-4-14-10-18(25)20(12-23(14,21)2)28-9-8-27-3;1-21-12-18(27-9-8-26-3)16(23)10-13(21)4-5-14-15-6-7-19(25)22(15,2)11-17(24)20(14)21;1-18-9-15-14(22-15)7-10(18)3-4-11-12-5-6-16(21)19(12,2)8-13(20)17(11)18;1-5-3-2-4;1-5(2,3)4/h2*14-21,25-26H,4-12H2,1-3H3;13-18,20,23-24H,4-12H2,1-3H3;10-15,17,20H,3-9H2,1-2H3;4H,2-3H2,1H3;(H2,1,2,3,4)/t14-,15+,16-,17-,18-,19-,20-,21+,22+,23-;14-,15-,16-,17-,18-,19-,20-,21+,22+,23-;13-,14-,15-,16-,17-,18-,20+,21-,22-;10-,11-,12-,13-,14-,15+,17+,18-,19-;;/m0000../s1. The van der Waals surface area contributed by atoms with Gasteiger partial charge in [0.25, 0.3) is 0 Å². The smallest absolute Gasteiger partial charge is 0.394 e. The summed E-state index contributed by atoms with van der Waals surface area (Å²) in [5.74, 6) is 8.03. The van der Waals surface area contributed by atoms with Crippen molar-refractivity contribution in [3.63, 3.8) is 0 Å². The van der Waals surface area contributed by atoms with Gasteiger partial charge in [-0.15, -0.1) is 0 Å². The molecule has 0 unspecified atom stereocenters. The van der Waals surface area contributed by atoms with Crippen LogP contribution in [0.1, 0.15) is 235 Å². The van der Waals surface area contributed by atoms with Gasteiger partial charge in [-0.3, -0.25) is 18.7 Å². The first-order chi connectivity index (χ1) is 54.3. The lowest BCUT2D eigenvalue weighted by atomic mass is 9.43. The molecule has 1 heterocycles. The lowest BCUT2D eigenvalue weighted by Gasteiger charge is -2.62. The van der Waals surface area contributed by atoms with Crippen molar-refractivity contribution in [2.24, 2.45) is 150 Å². The molecule has 0 spiro atoms. The molecule has 25 heteroatoms. The van der Waals surface area contributed by atoms with Crippen LogP contribution in [0, 0.1) is 173 Å². The third-order valence-corrected chi connectivity index (χ3v) is 36.5. The molecule has 1 aliphatic heterocycles. The molecule has 0 aromatic rings. The van der Waals surface area contributed by atoms with Crippen LogP contribution < -0.4 is 0 Å². The summed E-state index contributed by atoms with van der Waals surface area (Å²) in [6, 6.07) is 5.10. The van der Waals surface area contributed by atoms with Gasteiger partial charge in [0.15, 0.2) is 0 Å². The molecule has 0 aromatic heterocycles. The number of hydrogen-bond donors (Lipinski definition) is 10. The zero-order chi connectivity index (χ0) is 83.5. The van der Waals surface area contributed by atoms with Crippen LogP contribution in [0.3, 0.4) is 0 Å². The summed E-state index contributed by atoms with van der Waals surface area (Å²) < 4.78 is 75.2. The highest BCUT2D eigenvalue weighted by atomic mass is 32.3. The number of rotatable bonds is 14. The zero-order valence-corrected chi connectivity index (χ0v) is 72.3. The van der Waals surface area contributed by atoms with Gasteiger partial charge < -0.3 is 78.7 Å². The maximum atomic E-state index is 12.6. The fourth-order valence-electron chi connectivity index (χ4n) is 31.2. The van der Waals surface area contributed by atoms with Crippen molar-refractivity contribution >= 4 is 22.0 Å². The fraction of sp³-hybridized carbons (Fsp3) is 0.956. The Balaban J connectivity index is 0.000000136. The summed E-state index contributed by atoms with van der Waals surface area (Å²) in [6.07, 6.45) is 24.4. The van der Waals surface area contributed by atoms with Crippen molar-refractivity contribution in [2.75, 3.05) is 81.3 Å². The zero-order valence-electron chi connectivity index (χ0n) is 71.5. The molecule has 0 aromatic carbocycles. The SMILES string of the molecule is COCCO.COCCO[C@H]1C[C@@]2(C)[C@@H](CC[C@@H]3[C@@H]2[C@@H](O)C[C@]2(C)C(=O)CC[C@@H]32)C[C@@H]1O.COCCO[C@H]1C[C@@]2(C)[C@@H](CC[C@@H]3[C@@H]2[C@@H](O)C[C@]2(C)[C@@H](C#N)CC[C@@H]32)C[C@@H]1O.COCCO[C@H]1C[C@@]2(C)[C@@H](CC[C@@H]3[C@@H]2[C@@H](O)C[C@]2(C)[C@H](C#N)CC[C@@H]32)C[C@@H]1O.C[C@]12C[C@H]3O[C@H]3C[C@@H]1CC[C@@H]1[C@@H]2[C@@H](O)C[C@]2(C)C(=O)CC[C@@H]12.O=S(=O)(O)O. The van der Waals surface area contributed by atoms with Crippen molar-refractivity contribution in [3.05, 3.63) is 0 Å². The van der Waals surface area contributed by atoms with E-state index in [-0.39, 0.29) is 116 Å². The van der Waals surface area contributed by atoms with E-state index in [2.05, 4.69) is 72.3 Å². The molecule has 10 N–H and O–H groups in total. The van der Waals surface area contributed by atoms with Crippen molar-refractivity contribution in [2.45, 2.75) is 308 Å². The first-order valence-electron chi connectivity index (χ1n) is 44.7. The summed E-state index contributed by atoms with van der Waals surface area (Å²) in [4.78, 5) is 25.0. The Kier molecular flexibility index (Phi) is 29.0. The van der Waals surface area contributed by atoms with E-state index in [0.29, 0.717) is 166 Å². The van der Waals surface area contributed by atoms with E-state index >= 15 is 0 Å². The molecule has 656 valence electrons. The number of methoxy groups -OCH3 is 4. The number of carbonyl (C=O) groups is 2. The number of carbonyl (C=O) groups excluding carboxylic acids is 2. The Morgan fingerprint density at radius 1 is 0.374 bits per heavy atom. The average Bonchev–Trinajstić information content (AvgIpc) is 1.68. The van der Waals surface area contributed by atoms with Gasteiger partial charge >= 0.3 is 10.4 Å². The molecule has 17 rings (SSSR count). The molecule has 0 radical (unpaired) electrons. The van der Waals surface area contributed by atoms with Crippen LogP contribution in [0.4, 0.5) is 0 Å². The lowest BCUT2D eigenvalue weighted by molar-refractivity contribution is -0.203. The van der Waals surface area contributed by atoms with E-state index in [1.54, 1.807) is 28.4 Å². The van der Waals surface area contributed by atoms with Gasteiger partial charge in [-0.05, 0) is 294 Å². The van der Waals surface area contributed by atoms with Crippen molar-refractivity contribution in [3.8, 4) is 12.1 Å². The quantitative estimate of drug-likeness (QED) is 0.0439. The monoisotopic (exact) mass is 1640 g/mol. The molecule has 115 heavy (non-hydrogen) atoms. The van der Waals surface area contributed by atoms with Crippen LogP contribution in [0.5, 0.6) is 0 Å². The number of nitriles is 2. The van der Waals surface area contributed by atoms with Gasteiger partial charge in [0.05, 0.1) is 150 Å². The normalized spacial score (nSPS) is 50.9. The summed E-state index contributed by atoms with van der Waals surface area (Å²) in [6.45, 7) is 21.8. The Morgan fingerprint density at radius 2 is 0.678 bits per heavy atom. The highest BCUT2D eigenvalue weighted by molar-refractivity contribution is 7.79. The minimum atomic E-state index is -4.67. The number of ether oxygens (including phenoxy) is 8. The second-order valence-electron chi connectivity index (χ2n) is 41.7. The third kappa shape index (κ3) is 17.5. The lowest BCUT2D eigenvalue weighted by Crippen LogP contribution is -2.61. The van der Waals surface area contributed by atoms with E-state index in [1.165, 1.54) is 19.3 Å². The highest BCUT2D eigenvalue weighted by Gasteiger charge is 2.70. The minimum absolute atomic E-state index is 0.00857. The Bertz CT molecular complexity index is 3380. The summed E-state index contributed by atoms with van der Waals surface area (Å²) in [7, 11) is 1.86. The number of aliphatic hydroxyl groups excluding tert-OH is 8. The molecule has 24 nitrogen and oxygen atoms in total. The first-order valence-corrected chi connectivity index (χ1v) is 46.1. The number of nitrogens with zero attached hydrogens (tertiary/aromatic N) is 2. The van der Waals surface area contributed by atoms with Gasteiger partial charge in [0.1, 0.15) is 11.6 Å². The van der Waals surface area contributed by atoms with E-state index in [0.717, 1.165) is 141 Å². The largest absolute Gasteiger partial charge is 0.394 e. The molecule has 0 bridgehead atoms. The second kappa shape index (κ2) is 36.4. The summed E-state index contributed by atoms with van der Waals surface area (Å²) in [5, 5.41) is 104. The van der Waals surface area contributed by atoms with Crippen LogP contribution in [-0.2, 0) is 57.9 Å². The van der Waals surface area contributed by atoms with Gasteiger partial charge in [0, 0.05) is 52.1 Å². The van der Waals surface area contributed by atoms with E-state index in [1.807, 2.05) is 0 Å². The van der Waals surface area contributed by atoms with Crippen molar-refractivity contribution in [1.29, 1.82) is 10.5 Å². The average molecular weight is 1640 g/mol. The molecular weight excluding hydrogens is 1490 g/mol.